The molecule has 0 unspecified atom stereocenters. The van der Waals surface area contributed by atoms with E-state index in [1.807, 2.05) is 0 Å². The third kappa shape index (κ3) is 3.35. The van der Waals surface area contributed by atoms with Crippen molar-refractivity contribution in [2.24, 2.45) is 0 Å². The first-order chi connectivity index (χ1) is 8.86. The summed E-state index contributed by atoms with van der Waals surface area (Å²) in [7, 11) is 0. The molecule has 1 aliphatic carbocycles. The van der Waals surface area contributed by atoms with Gasteiger partial charge in [0.15, 0.2) is 11.6 Å². The monoisotopic (exact) mass is 284 g/mol. The van der Waals surface area contributed by atoms with Crippen LogP contribution in [0.25, 0.3) is 0 Å². The lowest BCUT2D eigenvalue weighted by Crippen LogP contribution is -2.05. The van der Waals surface area contributed by atoms with Crippen molar-refractivity contribution >= 4 is 23.3 Å². The van der Waals surface area contributed by atoms with E-state index in [0.29, 0.717) is 4.90 Å². The highest BCUT2D eigenvalue weighted by Gasteiger charge is 2.30. The van der Waals surface area contributed by atoms with Gasteiger partial charge in [-0.2, -0.15) is 13.2 Å². The maximum Gasteiger partial charge on any atom is 0.416 e. The minimum absolute atomic E-state index is 0.201. The van der Waals surface area contributed by atoms with Crippen molar-refractivity contribution in [2.45, 2.75) is 11.1 Å². The summed E-state index contributed by atoms with van der Waals surface area (Å²) in [6, 6.07) is 4.41. The number of hydrogen-bond acceptors (Lipinski definition) is 3. The molecule has 0 aliphatic heterocycles. The van der Waals surface area contributed by atoms with Crippen molar-refractivity contribution in [3.05, 3.63) is 53.0 Å². The van der Waals surface area contributed by atoms with Gasteiger partial charge in [-0.15, -0.1) is 0 Å². The lowest BCUT2D eigenvalue weighted by Gasteiger charge is -2.09. The zero-order valence-electron chi connectivity index (χ0n) is 9.40. The van der Waals surface area contributed by atoms with E-state index in [1.165, 1.54) is 18.2 Å². The lowest BCUT2D eigenvalue weighted by molar-refractivity contribution is -0.137. The van der Waals surface area contributed by atoms with E-state index in [1.54, 1.807) is 0 Å². The minimum Gasteiger partial charge on any atom is -0.290 e. The van der Waals surface area contributed by atoms with E-state index in [2.05, 4.69) is 0 Å². The number of halogens is 3. The average molecular weight is 284 g/mol. The summed E-state index contributed by atoms with van der Waals surface area (Å²) in [5, 5.41) is 0. The Balaban J connectivity index is 2.17. The number of carbonyl (C=O) groups excluding carboxylic acids is 2. The third-order valence-corrected chi connectivity index (χ3v) is 3.37. The fourth-order valence-corrected chi connectivity index (χ4v) is 2.28. The van der Waals surface area contributed by atoms with Gasteiger partial charge in [0.1, 0.15) is 0 Å². The SMILES string of the molecule is O=C1C=CC(=O)C(Sc2ccc(C(F)(F)F)cc2)=C1. The summed E-state index contributed by atoms with van der Waals surface area (Å²) >= 11 is 0.968. The maximum atomic E-state index is 12.4. The van der Waals surface area contributed by atoms with Crippen molar-refractivity contribution in [1.29, 1.82) is 0 Å². The summed E-state index contributed by atoms with van der Waals surface area (Å²) in [6.45, 7) is 0. The molecule has 0 fully saturated rings. The molecule has 0 amide bonds. The molecule has 19 heavy (non-hydrogen) atoms. The Morgan fingerprint density at radius 3 is 2.16 bits per heavy atom. The first-order valence-electron chi connectivity index (χ1n) is 5.19. The van der Waals surface area contributed by atoms with Crippen LogP contribution < -0.4 is 0 Å². The minimum atomic E-state index is -4.39. The summed E-state index contributed by atoms with van der Waals surface area (Å²) < 4.78 is 37.1. The highest BCUT2D eigenvalue weighted by Crippen LogP contribution is 2.33. The van der Waals surface area contributed by atoms with Gasteiger partial charge in [0, 0.05) is 11.0 Å². The van der Waals surface area contributed by atoms with Gasteiger partial charge >= 0.3 is 6.18 Å². The molecule has 2 rings (SSSR count). The second-order valence-corrected chi connectivity index (χ2v) is 4.85. The zero-order chi connectivity index (χ0) is 14.0. The van der Waals surface area contributed by atoms with E-state index in [9.17, 15) is 22.8 Å². The second kappa shape index (κ2) is 5.05. The van der Waals surface area contributed by atoms with Crippen LogP contribution in [-0.4, -0.2) is 11.6 Å². The molecule has 1 aliphatic rings. The van der Waals surface area contributed by atoms with Crippen LogP contribution in [0, 0.1) is 0 Å². The fourth-order valence-electron chi connectivity index (χ4n) is 1.41. The molecule has 0 atom stereocenters. The van der Waals surface area contributed by atoms with Crippen LogP contribution in [0.15, 0.2) is 52.3 Å². The molecular formula is C13H7F3O2S. The van der Waals surface area contributed by atoms with Crippen LogP contribution in [0.3, 0.4) is 0 Å². The zero-order valence-corrected chi connectivity index (χ0v) is 10.2. The van der Waals surface area contributed by atoms with Crippen molar-refractivity contribution in [3.8, 4) is 0 Å². The van der Waals surface area contributed by atoms with E-state index >= 15 is 0 Å². The smallest absolute Gasteiger partial charge is 0.290 e. The van der Waals surface area contributed by atoms with Crippen molar-refractivity contribution in [1.82, 2.24) is 0 Å². The number of allylic oxidation sites excluding steroid dienone is 4. The lowest BCUT2D eigenvalue weighted by atomic mass is 10.2. The summed E-state index contributed by atoms with van der Waals surface area (Å²) in [6.07, 6.45) is -0.916. The molecule has 0 N–H and O–H groups in total. The van der Waals surface area contributed by atoms with Gasteiger partial charge in [-0.3, -0.25) is 9.59 Å². The van der Waals surface area contributed by atoms with Crippen LogP contribution in [0.5, 0.6) is 0 Å². The number of ketones is 2. The van der Waals surface area contributed by atoms with E-state index in [-0.39, 0.29) is 16.5 Å². The molecule has 1 aromatic carbocycles. The molecule has 0 saturated carbocycles. The van der Waals surface area contributed by atoms with Crippen LogP contribution in [0.2, 0.25) is 0 Å². The number of thioether (sulfide) groups is 1. The number of rotatable bonds is 2. The van der Waals surface area contributed by atoms with E-state index < -0.39 is 11.7 Å². The Morgan fingerprint density at radius 1 is 0.947 bits per heavy atom. The van der Waals surface area contributed by atoms with Gasteiger partial charge in [0.2, 0.25) is 0 Å². The van der Waals surface area contributed by atoms with E-state index in [4.69, 9.17) is 0 Å². The number of alkyl halides is 3. The quantitative estimate of drug-likeness (QED) is 0.781. The molecule has 2 nitrogen and oxygen atoms in total. The van der Waals surface area contributed by atoms with Gasteiger partial charge in [-0.05, 0) is 36.4 Å². The first-order valence-corrected chi connectivity index (χ1v) is 6.01. The molecule has 1 aromatic rings. The molecule has 0 heterocycles. The van der Waals surface area contributed by atoms with Gasteiger partial charge in [-0.1, -0.05) is 11.8 Å². The summed E-state index contributed by atoms with van der Waals surface area (Å²) in [5.41, 5.74) is -0.753. The number of benzene rings is 1. The highest BCUT2D eigenvalue weighted by atomic mass is 32.2. The summed E-state index contributed by atoms with van der Waals surface area (Å²) in [4.78, 5) is 23.2. The molecule has 0 aromatic heterocycles. The average Bonchev–Trinajstić information content (AvgIpc) is 2.33. The van der Waals surface area contributed by atoms with Crippen molar-refractivity contribution < 1.29 is 22.8 Å². The van der Waals surface area contributed by atoms with Crippen LogP contribution in [-0.2, 0) is 15.8 Å². The normalized spacial score (nSPS) is 15.6. The Bertz CT molecular complexity index is 583. The van der Waals surface area contributed by atoms with Crippen LogP contribution in [0.1, 0.15) is 5.56 Å². The predicted molar refractivity (Wildman–Crippen MR) is 64.5 cm³/mol. The highest BCUT2D eigenvalue weighted by molar-refractivity contribution is 8.04. The molecule has 98 valence electrons. The molecule has 0 radical (unpaired) electrons. The number of hydrogen-bond donors (Lipinski definition) is 0. The predicted octanol–water partition coefficient (Wildman–Crippen LogP) is 3.39. The molecule has 6 heteroatoms. The van der Waals surface area contributed by atoms with Crippen LogP contribution >= 0.6 is 11.8 Å². The standard InChI is InChI=1S/C13H7F3O2S/c14-13(15,16)8-1-4-10(5-2-8)19-12-7-9(17)3-6-11(12)18/h1-7H. The Kier molecular flexibility index (Phi) is 3.61. The largest absolute Gasteiger partial charge is 0.416 e. The Morgan fingerprint density at radius 2 is 1.58 bits per heavy atom. The third-order valence-electron chi connectivity index (χ3n) is 2.32. The molecule has 0 bridgehead atoms. The van der Waals surface area contributed by atoms with Gasteiger partial charge in [0.05, 0.1) is 10.5 Å². The molecule has 0 spiro atoms. The van der Waals surface area contributed by atoms with Crippen molar-refractivity contribution in [2.75, 3.05) is 0 Å². The van der Waals surface area contributed by atoms with Gasteiger partial charge < -0.3 is 0 Å². The first kappa shape index (κ1) is 13.6. The molecular weight excluding hydrogens is 277 g/mol. The van der Waals surface area contributed by atoms with Gasteiger partial charge in [0.25, 0.3) is 0 Å². The molecule has 0 saturated heterocycles. The summed E-state index contributed by atoms with van der Waals surface area (Å²) in [5.74, 6) is -0.640. The Labute approximate surface area is 111 Å². The van der Waals surface area contributed by atoms with Gasteiger partial charge in [-0.25, -0.2) is 0 Å². The van der Waals surface area contributed by atoms with Crippen LogP contribution in [0.4, 0.5) is 13.2 Å². The second-order valence-electron chi connectivity index (χ2n) is 3.73. The maximum absolute atomic E-state index is 12.4. The Hall–Kier alpha value is -1.82. The van der Waals surface area contributed by atoms with Crippen molar-refractivity contribution in [3.63, 3.8) is 0 Å². The topological polar surface area (TPSA) is 34.1 Å². The number of carbonyl (C=O) groups is 2. The fraction of sp³-hybridized carbons (Fsp3) is 0.0769. The van der Waals surface area contributed by atoms with E-state index in [0.717, 1.165) is 36.0 Å².